The van der Waals surface area contributed by atoms with E-state index in [1.54, 1.807) is 30.0 Å². The van der Waals surface area contributed by atoms with Crippen molar-refractivity contribution in [3.63, 3.8) is 0 Å². The minimum absolute atomic E-state index is 0.264. The Labute approximate surface area is 133 Å². The predicted octanol–water partition coefficient (Wildman–Crippen LogP) is 2.59. The number of carboxylic acids is 1. The van der Waals surface area contributed by atoms with Gasteiger partial charge in [-0.3, -0.25) is 4.79 Å². The van der Waals surface area contributed by atoms with Crippen LogP contribution in [-0.2, 0) is 4.79 Å². The van der Waals surface area contributed by atoms with Gasteiger partial charge < -0.3 is 10.0 Å². The van der Waals surface area contributed by atoms with Crippen molar-refractivity contribution in [2.45, 2.75) is 6.04 Å². The van der Waals surface area contributed by atoms with Crippen molar-refractivity contribution in [1.29, 1.82) is 0 Å². The van der Waals surface area contributed by atoms with Gasteiger partial charge in [-0.2, -0.15) is 11.8 Å². The first-order valence-electron chi connectivity index (χ1n) is 5.57. The fourth-order valence-electron chi connectivity index (χ4n) is 1.87. The summed E-state index contributed by atoms with van der Waals surface area (Å²) >= 11 is 9.51. The van der Waals surface area contributed by atoms with E-state index in [0.29, 0.717) is 22.9 Å². The summed E-state index contributed by atoms with van der Waals surface area (Å²) in [5.74, 6) is -0.0394. The normalized spacial score (nSPS) is 19.3. The van der Waals surface area contributed by atoms with Gasteiger partial charge in [0.2, 0.25) is 0 Å². The molecule has 1 aromatic carbocycles. The van der Waals surface area contributed by atoms with Gasteiger partial charge >= 0.3 is 5.97 Å². The van der Waals surface area contributed by atoms with Crippen molar-refractivity contribution in [3.05, 3.63) is 32.4 Å². The van der Waals surface area contributed by atoms with Gasteiger partial charge in [-0.25, -0.2) is 4.79 Å². The lowest BCUT2D eigenvalue weighted by atomic mass is 10.1. The Morgan fingerprint density at radius 3 is 2.89 bits per heavy atom. The standard InChI is InChI=1S/C12H11ClINO3S/c13-7-1-2-9(14)8(5-7)11(16)15-3-4-19-6-10(15)12(17)18/h1-2,5,10H,3-4,6H2,(H,17,18). The molecule has 0 aromatic heterocycles. The van der Waals surface area contributed by atoms with E-state index in [9.17, 15) is 14.7 Å². The van der Waals surface area contributed by atoms with Crippen LogP contribution >= 0.6 is 46.0 Å². The number of halogens is 2. The number of carbonyl (C=O) groups excluding carboxylic acids is 1. The molecule has 1 aromatic rings. The maximum atomic E-state index is 12.5. The molecule has 0 radical (unpaired) electrons. The number of carbonyl (C=O) groups is 2. The summed E-state index contributed by atoms with van der Waals surface area (Å²) < 4.78 is 0.773. The van der Waals surface area contributed by atoms with Crippen LogP contribution in [0.25, 0.3) is 0 Å². The topological polar surface area (TPSA) is 57.6 Å². The van der Waals surface area contributed by atoms with E-state index < -0.39 is 12.0 Å². The molecule has 19 heavy (non-hydrogen) atoms. The molecular weight excluding hydrogens is 401 g/mol. The van der Waals surface area contributed by atoms with Crippen LogP contribution in [0.15, 0.2) is 18.2 Å². The largest absolute Gasteiger partial charge is 0.480 e. The molecule has 0 aliphatic carbocycles. The van der Waals surface area contributed by atoms with Crippen LogP contribution in [0.1, 0.15) is 10.4 Å². The zero-order valence-corrected chi connectivity index (χ0v) is 13.5. The average molecular weight is 412 g/mol. The fraction of sp³-hybridized carbons (Fsp3) is 0.333. The molecule has 0 spiro atoms. The van der Waals surface area contributed by atoms with Gasteiger partial charge in [-0.1, -0.05) is 11.6 Å². The monoisotopic (exact) mass is 411 g/mol. The molecule has 1 N–H and O–H groups in total. The number of hydrogen-bond acceptors (Lipinski definition) is 3. The smallest absolute Gasteiger partial charge is 0.327 e. The van der Waals surface area contributed by atoms with Crippen molar-refractivity contribution in [3.8, 4) is 0 Å². The molecule has 4 nitrogen and oxygen atoms in total. The number of rotatable bonds is 2. The highest BCUT2D eigenvalue weighted by Crippen LogP contribution is 2.23. The van der Waals surface area contributed by atoms with Gasteiger partial charge in [0.15, 0.2) is 0 Å². The van der Waals surface area contributed by atoms with Crippen molar-refractivity contribution in [2.24, 2.45) is 0 Å². The van der Waals surface area contributed by atoms with Crippen LogP contribution in [0, 0.1) is 3.57 Å². The molecule has 1 aliphatic heterocycles. The summed E-state index contributed by atoms with van der Waals surface area (Å²) in [5.41, 5.74) is 0.464. The highest BCUT2D eigenvalue weighted by atomic mass is 127. The number of carboxylic acid groups (broad SMARTS) is 1. The molecule has 2 rings (SSSR count). The Kier molecular flexibility index (Phi) is 4.97. The van der Waals surface area contributed by atoms with E-state index in [2.05, 4.69) is 22.6 Å². The molecule has 1 saturated heterocycles. The highest BCUT2D eigenvalue weighted by molar-refractivity contribution is 14.1. The van der Waals surface area contributed by atoms with E-state index in [-0.39, 0.29) is 5.91 Å². The van der Waals surface area contributed by atoms with Crippen LogP contribution in [0.2, 0.25) is 5.02 Å². The second kappa shape index (κ2) is 6.32. The predicted molar refractivity (Wildman–Crippen MR) is 84.0 cm³/mol. The lowest BCUT2D eigenvalue weighted by molar-refractivity contribution is -0.141. The molecule has 102 valence electrons. The molecule has 1 fully saturated rings. The first-order valence-corrected chi connectivity index (χ1v) is 8.18. The molecule has 0 saturated carbocycles. The Bertz CT molecular complexity index is 526. The third kappa shape index (κ3) is 3.35. The Morgan fingerprint density at radius 2 is 2.21 bits per heavy atom. The number of thioether (sulfide) groups is 1. The lowest BCUT2D eigenvalue weighted by Gasteiger charge is -2.32. The van der Waals surface area contributed by atoms with Crippen molar-refractivity contribution in [1.82, 2.24) is 4.90 Å². The summed E-state index contributed by atoms with van der Waals surface area (Å²) in [4.78, 5) is 25.1. The Morgan fingerprint density at radius 1 is 1.47 bits per heavy atom. The average Bonchev–Trinajstić information content (AvgIpc) is 2.40. The van der Waals surface area contributed by atoms with Crippen molar-refractivity contribution < 1.29 is 14.7 Å². The first kappa shape index (κ1) is 14.9. The molecule has 1 heterocycles. The minimum Gasteiger partial charge on any atom is -0.480 e. The molecule has 1 amide bonds. The summed E-state index contributed by atoms with van der Waals surface area (Å²) in [6.07, 6.45) is 0. The SMILES string of the molecule is O=C(O)C1CSCCN1C(=O)c1cc(Cl)ccc1I. The van der Waals surface area contributed by atoms with E-state index in [1.807, 2.05) is 0 Å². The van der Waals surface area contributed by atoms with Gasteiger partial charge in [0, 0.05) is 26.6 Å². The molecule has 0 bridgehead atoms. The van der Waals surface area contributed by atoms with E-state index in [1.165, 1.54) is 4.90 Å². The van der Waals surface area contributed by atoms with E-state index in [0.717, 1.165) is 9.32 Å². The number of amides is 1. The molecule has 1 unspecified atom stereocenters. The van der Waals surface area contributed by atoms with Crippen LogP contribution in [0.5, 0.6) is 0 Å². The zero-order chi connectivity index (χ0) is 14.0. The Balaban J connectivity index is 2.31. The molecular formula is C12H11ClINO3S. The Hall–Kier alpha value is -0.470. The summed E-state index contributed by atoms with van der Waals surface area (Å²) in [5, 5.41) is 9.67. The second-order valence-corrected chi connectivity index (χ2v) is 6.80. The van der Waals surface area contributed by atoms with Gasteiger partial charge in [-0.05, 0) is 40.8 Å². The van der Waals surface area contributed by atoms with Crippen LogP contribution < -0.4 is 0 Å². The first-order chi connectivity index (χ1) is 9.00. The molecule has 7 heteroatoms. The third-order valence-corrected chi connectivity index (χ3v) is 5.03. The molecule has 1 atom stereocenters. The van der Waals surface area contributed by atoms with Crippen molar-refractivity contribution >= 4 is 57.8 Å². The minimum atomic E-state index is -0.961. The van der Waals surface area contributed by atoms with Crippen LogP contribution in [-0.4, -0.2) is 46.0 Å². The van der Waals surface area contributed by atoms with Gasteiger partial charge in [0.25, 0.3) is 5.91 Å². The summed E-state index contributed by atoms with van der Waals surface area (Å²) in [7, 11) is 0. The van der Waals surface area contributed by atoms with E-state index >= 15 is 0 Å². The maximum absolute atomic E-state index is 12.5. The van der Waals surface area contributed by atoms with Crippen LogP contribution in [0.4, 0.5) is 0 Å². The number of nitrogens with zero attached hydrogens (tertiary/aromatic N) is 1. The number of benzene rings is 1. The lowest BCUT2D eigenvalue weighted by Crippen LogP contribution is -2.50. The van der Waals surface area contributed by atoms with Crippen molar-refractivity contribution in [2.75, 3.05) is 18.1 Å². The van der Waals surface area contributed by atoms with Gasteiger partial charge in [-0.15, -0.1) is 0 Å². The third-order valence-electron chi connectivity index (χ3n) is 2.83. The van der Waals surface area contributed by atoms with Crippen LogP contribution in [0.3, 0.4) is 0 Å². The van der Waals surface area contributed by atoms with Gasteiger partial charge in [0.1, 0.15) is 6.04 Å². The maximum Gasteiger partial charge on any atom is 0.327 e. The number of aliphatic carboxylic acids is 1. The van der Waals surface area contributed by atoms with Gasteiger partial charge in [0.05, 0.1) is 5.56 Å². The summed E-state index contributed by atoms with van der Waals surface area (Å²) in [6, 6.07) is 4.29. The fourth-order valence-corrected chi connectivity index (χ4v) is 3.64. The summed E-state index contributed by atoms with van der Waals surface area (Å²) in [6.45, 7) is 0.447. The van der Waals surface area contributed by atoms with E-state index in [4.69, 9.17) is 11.6 Å². The zero-order valence-electron chi connectivity index (χ0n) is 9.81. The second-order valence-electron chi connectivity index (χ2n) is 4.05. The number of hydrogen-bond donors (Lipinski definition) is 1. The quantitative estimate of drug-likeness (QED) is 0.760. The highest BCUT2D eigenvalue weighted by Gasteiger charge is 2.33. The molecule has 1 aliphatic rings.